The van der Waals surface area contributed by atoms with Gasteiger partial charge >= 0.3 is 5.97 Å². The second kappa shape index (κ2) is 7.17. The molecule has 0 fully saturated rings. The third-order valence-electron chi connectivity index (χ3n) is 2.37. The number of benzene rings is 1. The zero-order chi connectivity index (χ0) is 16.9. The minimum atomic E-state index is -0.655. The number of carbonyl (C=O) groups is 2. The normalized spacial score (nSPS) is 11.5. The van der Waals surface area contributed by atoms with E-state index >= 15 is 0 Å². The van der Waals surface area contributed by atoms with Gasteiger partial charge in [-0.1, -0.05) is 23.7 Å². The molecule has 118 valence electrons. The van der Waals surface area contributed by atoms with Crippen LogP contribution in [0.15, 0.2) is 24.3 Å². The molecule has 0 bridgehead atoms. The fourth-order valence-electron chi connectivity index (χ4n) is 1.54. The van der Waals surface area contributed by atoms with Crippen molar-refractivity contribution in [1.82, 2.24) is 0 Å². The predicted molar refractivity (Wildman–Crippen MR) is 82.6 cm³/mol. The lowest BCUT2D eigenvalue weighted by atomic mass is 10.1. The van der Waals surface area contributed by atoms with Crippen molar-refractivity contribution >= 4 is 35.1 Å². The van der Waals surface area contributed by atoms with Gasteiger partial charge in [0, 0.05) is 6.07 Å². The summed E-state index contributed by atoms with van der Waals surface area (Å²) in [6.07, 6.45) is 2.18. The van der Waals surface area contributed by atoms with Crippen LogP contribution in [0.2, 0.25) is 5.02 Å². The highest BCUT2D eigenvalue weighted by atomic mass is 35.5. The third kappa shape index (κ3) is 6.05. The summed E-state index contributed by atoms with van der Waals surface area (Å²) in [4.78, 5) is 33.3. The summed E-state index contributed by atoms with van der Waals surface area (Å²) >= 11 is 5.69. The van der Waals surface area contributed by atoms with E-state index < -0.39 is 22.3 Å². The molecule has 0 amide bonds. The van der Waals surface area contributed by atoms with Crippen molar-refractivity contribution in [2.45, 2.75) is 32.8 Å². The molecule has 0 heterocycles. The molecule has 0 aromatic heterocycles. The molecule has 7 heteroatoms. The first-order valence-corrected chi connectivity index (χ1v) is 6.83. The number of rotatable bonds is 5. The number of allylic oxidation sites excluding steroid dienone is 1. The molecule has 6 nitrogen and oxygen atoms in total. The van der Waals surface area contributed by atoms with E-state index in [0.717, 1.165) is 0 Å². The maximum Gasteiger partial charge on any atom is 0.314 e. The molecule has 0 spiro atoms. The standard InChI is InChI=1S/C15H16ClNO5/c1-15(2,3)22-14(19)9-11(18)6-4-10-5-7-12(16)13(8-10)17(20)21/h4-8H,9H2,1-3H3. The van der Waals surface area contributed by atoms with E-state index in [-0.39, 0.29) is 17.1 Å². The smallest absolute Gasteiger partial charge is 0.314 e. The second-order valence-electron chi connectivity index (χ2n) is 5.53. The van der Waals surface area contributed by atoms with Crippen LogP contribution in [-0.2, 0) is 14.3 Å². The van der Waals surface area contributed by atoms with Crippen LogP contribution in [-0.4, -0.2) is 22.3 Å². The van der Waals surface area contributed by atoms with Gasteiger partial charge in [0.25, 0.3) is 5.69 Å². The summed E-state index contributed by atoms with van der Waals surface area (Å²) in [5, 5.41) is 10.8. The van der Waals surface area contributed by atoms with Crippen molar-refractivity contribution in [2.75, 3.05) is 0 Å². The van der Waals surface area contributed by atoms with Gasteiger partial charge in [-0.2, -0.15) is 0 Å². The first-order valence-electron chi connectivity index (χ1n) is 6.45. The highest BCUT2D eigenvalue weighted by molar-refractivity contribution is 6.32. The van der Waals surface area contributed by atoms with Crippen LogP contribution in [0, 0.1) is 10.1 Å². The number of esters is 1. The maximum atomic E-state index is 11.7. The molecular weight excluding hydrogens is 310 g/mol. The van der Waals surface area contributed by atoms with Gasteiger partial charge in [-0.15, -0.1) is 0 Å². The van der Waals surface area contributed by atoms with Crippen LogP contribution in [0.4, 0.5) is 5.69 Å². The number of nitrogens with zero attached hydrogens (tertiary/aromatic N) is 1. The van der Waals surface area contributed by atoms with E-state index in [0.29, 0.717) is 5.56 Å². The van der Waals surface area contributed by atoms with Crippen LogP contribution in [0.25, 0.3) is 6.08 Å². The Morgan fingerprint density at radius 3 is 2.55 bits per heavy atom. The van der Waals surface area contributed by atoms with Crippen LogP contribution in [0.3, 0.4) is 0 Å². The Bertz CT molecular complexity index is 631. The minimum Gasteiger partial charge on any atom is -0.460 e. The van der Waals surface area contributed by atoms with E-state index in [1.807, 2.05) is 0 Å². The first kappa shape index (κ1) is 17.8. The summed E-state index contributed by atoms with van der Waals surface area (Å²) in [6.45, 7) is 5.12. The van der Waals surface area contributed by atoms with Gasteiger partial charge in [0.1, 0.15) is 17.0 Å². The molecule has 0 aliphatic heterocycles. The van der Waals surface area contributed by atoms with E-state index in [1.54, 1.807) is 20.8 Å². The molecule has 22 heavy (non-hydrogen) atoms. The summed E-state index contributed by atoms with van der Waals surface area (Å²) in [6, 6.07) is 4.16. The fourth-order valence-corrected chi connectivity index (χ4v) is 1.73. The number of carbonyl (C=O) groups excluding carboxylic acids is 2. The van der Waals surface area contributed by atoms with Crippen LogP contribution in [0.1, 0.15) is 32.8 Å². The Morgan fingerprint density at radius 1 is 1.36 bits per heavy atom. The van der Waals surface area contributed by atoms with Crippen molar-refractivity contribution in [3.63, 3.8) is 0 Å². The predicted octanol–water partition coefficient (Wildman–Crippen LogP) is 3.56. The Hall–Kier alpha value is -2.21. The molecule has 1 rings (SSSR count). The van der Waals surface area contributed by atoms with Crippen LogP contribution < -0.4 is 0 Å². The van der Waals surface area contributed by atoms with Crippen molar-refractivity contribution in [3.8, 4) is 0 Å². The number of nitro benzene ring substituents is 1. The molecular formula is C15H16ClNO5. The summed E-state index contributed by atoms with van der Waals surface area (Å²) in [7, 11) is 0. The summed E-state index contributed by atoms with van der Waals surface area (Å²) in [5.74, 6) is -1.07. The van der Waals surface area contributed by atoms with Crippen molar-refractivity contribution in [2.24, 2.45) is 0 Å². The molecule has 0 saturated carbocycles. The number of hydrogen-bond donors (Lipinski definition) is 0. The fraction of sp³-hybridized carbons (Fsp3) is 0.333. The number of halogens is 1. The average Bonchev–Trinajstić information content (AvgIpc) is 2.34. The highest BCUT2D eigenvalue weighted by Gasteiger charge is 2.18. The lowest BCUT2D eigenvalue weighted by Crippen LogP contribution is -2.24. The second-order valence-corrected chi connectivity index (χ2v) is 5.94. The van der Waals surface area contributed by atoms with Gasteiger partial charge in [0.15, 0.2) is 5.78 Å². The maximum absolute atomic E-state index is 11.7. The average molecular weight is 326 g/mol. The van der Waals surface area contributed by atoms with Crippen LogP contribution >= 0.6 is 11.6 Å². The topological polar surface area (TPSA) is 86.5 Å². The molecule has 0 unspecified atom stereocenters. The molecule has 0 atom stereocenters. The number of ketones is 1. The molecule has 1 aromatic rings. The lowest BCUT2D eigenvalue weighted by Gasteiger charge is -2.18. The van der Waals surface area contributed by atoms with Gasteiger partial charge in [-0.3, -0.25) is 19.7 Å². The van der Waals surface area contributed by atoms with Crippen molar-refractivity contribution in [3.05, 3.63) is 45.0 Å². The zero-order valence-electron chi connectivity index (χ0n) is 12.5. The largest absolute Gasteiger partial charge is 0.460 e. The van der Waals surface area contributed by atoms with Gasteiger partial charge in [-0.05, 0) is 38.5 Å². The first-order chi connectivity index (χ1) is 10.1. The van der Waals surface area contributed by atoms with Gasteiger partial charge in [-0.25, -0.2) is 0 Å². The van der Waals surface area contributed by atoms with Crippen LogP contribution in [0.5, 0.6) is 0 Å². The number of nitro groups is 1. The monoisotopic (exact) mass is 325 g/mol. The quantitative estimate of drug-likeness (QED) is 0.271. The Labute approximate surface area is 132 Å². The Kier molecular flexibility index (Phi) is 5.82. The van der Waals surface area contributed by atoms with E-state index in [9.17, 15) is 19.7 Å². The molecule has 1 aromatic carbocycles. The summed E-state index contributed by atoms with van der Waals surface area (Å²) in [5.41, 5.74) is -0.463. The number of hydrogen-bond acceptors (Lipinski definition) is 5. The van der Waals surface area contributed by atoms with Gasteiger partial charge in [0.05, 0.1) is 4.92 Å². The highest BCUT2D eigenvalue weighted by Crippen LogP contribution is 2.25. The summed E-state index contributed by atoms with van der Waals surface area (Å²) < 4.78 is 5.03. The molecule has 0 saturated heterocycles. The third-order valence-corrected chi connectivity index (χ3v) is 2.69. The number of ether oxygens (including phenoxy) is 1. The van der Waals surface area contributed by atoms with Gasteiger partial charge in [0.2, 0.25) is 0 Å². The van der Waals surface area contributed by atoms with Crippen molar-refractivity contribution in [1.29, 1.82) is 0 Å². The molecule has 0 aliphatic rings. The van der Waals surface area contributed by atoms with E-state index in [1.165, 1.54) is 30.4 Å². The lowest BCUT2D eigenvalue weighted by molar-refractivity contribution is -0.384. The zero-order valence-corrected chi connectivity index (χ0v) is 13.2. The Morgan fingerprint density at radius 2 is 2.00 bits per heavy atom. The van der Waals surface area contributed by atoms with E-state index in [4.69, 9.17) is 16.3 Å². The molecule has 0 radical (unpaired) electrons. The van der Waals surface area contributed by atoms with E-state index in [2.05, 4.69) is 0 Å². The Balaban J connectivity index is 2.72. The molecule has 0 N–H and O–H groups in total. The van der Waals surface area contributed by atoms with Crippen molar-refractivity contribution < 1.29 is 19.2 Å². The SMILES string of the molecule is CC(C)(C)OC(=O)CC(=O)C=Cc1ccc(Cl)c([N+](=O)[O-])c1. The molecule has 0 aliphatic carbocycles. The minimum absolute atomic E-state index is 0.0160. The van der Waals surface area contributed by atoms with Gasteiger partial charge < -0.3 is 4.74 Å².